The van der Waals surface area contributed by atoms with E-state index in [9.17, 15) is 37.1 Å². The fraction of sp³-hybridized carbons (Fsp3) is 0.538. The lowest BCUT2D eigenvalue weighted by Gasteiger charge is -2.54. The van der Waals surface area contributed by atoms with E-state index in [1.165, 1.54) is 17.2 Å². The van der Waals surface area contributed by atoms with Gasteiger partial charge in [0.15, 0.2) is 0 Å². The number of hydrogen-bond acceptors (Lipinski definition) is 8. The highest BCUT2D eigenvalue weighted by Crippen LogP contribution is 2.58. The van der Waals surface area contributed by atoms with Crippen LogP contribution in [-0.2, 0) is 37.3 Å². The molecule has 8 aliphatic rings. The number of alkyl halides is 3. The number of carbonyl (C=O) groups excluding carboxylic acids is 5. The lowest BCUT2D eigenvalue weighted by Crippen LogP contribution is -2.62. The van der Waals surface area contributed by atoms with Crippen LogP contribution in [0, 0.1) is 34.4 Å². The van der Waals surface area contributed by atoms with Gasteiger partial charge >= 0.3 is 6.18 Å². The van der Waals surface area contributed by atoms with Gasteiger partial charge in [0.2, 0.25) is 23.6 Å². The van der Waals surface area contributed by atoms with E-state index in [1.807, 2.05) is 17.0 Å². The Kier molecular flexibility index (Phi) is 11.7. The number of anilines is 1. The summed E-state index contributed by atoms with van der Waals surface area (Å²) in [4.78, 5) is 74.0. The van der Waals surface area contributed by atoms with Crippen molar-refractivity contribution >= 4 is 46.8 Å². The van der Waals surface area contributed by atoms with Crippen molar-refractivity contribution in [3.8, 4) is 11.8 Å². The summed E-state index contributed by atoms with van der Waals surface area (Å²) in [6.45, 7) is 7.74. The Bertz CT molecular complexity index is 2700. The maximum absolute atomic E-state index is 16.4. The van der Waals surface area contributed by atoms with Crippen molar-refractivity contribution in [1.82, 2.24) is 30.7 Å². The first kappa shape index (κ1) is 47.2. The van der Waals surface area contributed by atoms with Crippen LogP contribution in [0.3, 0.4) is 0 Å². The molecule has 3 aliphatic carbocycles. The highest BCUT2D eigenvalue weighted by Gasteiger charge is 2.63. The normalized spacial score (nSPS) is 29.9. The van der Waals surface area contributed by atoms with Gasteiger partial charge in [0.25, 0.3) is 5.91 Å². The number of piperidine rings is 2. The number of rotatable bonds is 6. The molecule has 0 radical (unpaired) electrons. The molecule has 3 saturated heterocycles. The number of pyridine rings is 1. The number of amides is 5. The van der Waals surface area contributed by atoms with E-state index in [2.05, 4.69) is 58.9 Å². The molecule has 69 heavy (non-hydrogen) atoms. The SMILES string of the molecule is CC(C)(C)C[C@@H]1N[C@@H](C(=O)NC23CCC(C(=O)N4CCC(C#Cc5ccc6c(c5)CN(C5CCC(=O)NC5=O)C6=O)CC4)(CC2)CC3)[C@H](c2cccc(Cl)c2F)[C@]12CNc1cc(C(F)(F)F)ncc12. The zero-order valence-electron chi connectivity index (χ0n) is 38.9. The predicted octanol–water partition coefficient (Wildman–Crippen LogP) is 7.38. The Labute approximate surface area is 403 Å². The number of halogens is 5. The molecule has 4 N–H and O–H groups in total. The van der Waals surface area contributed by atoms with Gasteiger partial charge in [-0.15, -0.1) is 0 Å². The van der Waals surface area contributed by atoms with Gasteiger partial charge in [0.05, 0.1) is 11.1 Å². The van der Waals surface area contributed by atoms with Gasteiger partial charge in [-0.25, -0.2) is 4.39 Å². The second-order valence-corrected chi connectivity index (χ2v) is 22.2. The fourth-order valence-electron chi connectivity index (χ4n) is 12.8. The summed E-state index contributed by atoms with van der Waals surface area (Å²) < 4.78 is 58.1. The predicted molar refractivity (Wildman–Crippen MR) is 248 cm³/mol. The second-order valence-electron chi connectivity index (χ2n) is 21.7. The lowest BCUT2D eigenvalue weighted by atomic mass is 9.56. The summed E-state index contributed by atoms with van der Waals surface area (Å²) in [5.74, 6) is 4.02. The molecule has 1 unspecified atom stereocenters. The minimum absolute atomic E-state index is 0.0830. The number of nitrogens with zero attached hydrogens (tertiary/aromatic N) is 3. The van der Waals surface area contributed by atoms with Crippen LogP contribution in [0.4, 0.5) is 23.2 Å². The highest BCUT2D eigenvalue weighted by atomic mass is 35.5. The van der Waals surface area contributed by atoms with Crippen LogP contribution in [0.25, 0.3) is 0 Å². The molecule has 2 bridgehead atoms. The quantitative estimate of drug-likeness (QED) is 0.114. The number of imide groups is 1. The van der Waals surface area contributed by atoms with Crippen LogP contribution in [0.2, 0.25) is 5.02 Å². The maximum atomic E-state index is 16.4. The summed E-state index contributed by atoms with van der Waals surface area (Å²) >= 11 is 6.41. The van der Waals surface area contributed by atoms with E-state index in [1.54, 1.807) is 18.2 Å². The Morgan fingerprint density at radius 3 is 2.38 bits per heavy atom. The first-order valence-electron chi connectivity index (χ1n) is 24.1. The number of hydrogen-bond donors (Lipinski definition) is 4. The number of nitrogens with one attached hydrogen (secondary N) is 4. The van der Waals surface area contributed by atoms with Crippen molar-refractivity contribution < 1.29 is 41.5 Å². The zero-order chi connectivity index (χ0) is 48.8. The van der Waals surface area contributed by atoms with Gasteiger partial charge in [-0.05, 0) is 111 Å². The van der Waals surface area contributed by atoms with Gasteiger partial charge in [-0.2, -0.15) is 13.2 Å². The number of likely N-dealkylation sites (tertiary alicyclic amines) is 1. The lowest BCUT2D eigenvalue weighted by molar-refractivity contribution is -0.151. The van der Waals surface area contributed by atoms with E-state index >= 15 is 4.39 Å². The van der Waals surface area contributed by atoms with Gasteiger partial charge in [-0.1, -0.05) is 56.3 Å². The van der Waals surface area contributed by atoms with Crippen molar-refractivity contribution in [2.24, 2.45) is 16.7 Å². The van der Waals surface area contributed by atoms with Crippen molar-refractivity contribution in [1.29, 1.82) is 0 Å². The number of carbonyl (C=O) groups is 5. The third-order valence-corrected chi connectivity index (χ3v) is 16.7. The first-order chi connectivity index (χ1) is 32.7. The third-order valence-electron chi connectivity index (χ3n) is 16.4. The summed E-state index contributed by atoms with van der Waals surface area (Å²) in [5, 5.41) is 12.4. The van der Waals surface area contributed by atoms with E-state index in [0.29, 0.717) is 75.6 Å². The average molecular weight is 971 g/mol. The van der Waals surface area contributed by atoms with Crippen LogP contribution in [0.15, 0.2) is 48.7 Å². The minimum Gasteiger partial charge on any atom is -0.384 e. The fourth-order valence-corrected chi connectivity index (χ4v) is 12.9. The van der Waals surface area contributed by atoms with E-state index in [-0.39, 0.29) is 70.7 Å². The van der Waals surface area contributed by atoms with Gasteiger partial charge in [0.1, 0.15) is 17.6 Å². The van der Waals surface area contributed by atoms with Crippen LogP contribution in [-0.4, -0.2) is 87.6 Å². The Morgan fingerprint density at radius 1 is 0.971 bits per heavy atom. The molecule has 5 aliphatic heterocycles. The maximum Gasteiger partial charge on any atom is 0.433 e. The van der Waals surface area contributed by atoms with E-state index in [0.717, 1.165) is 30.0 Å². The molecular weight excluding hydrogens is 914 g/mol. The molecule has 1 aromatic heterocycles. The molecule has 364 valence electrons. The average Bonchev–Trinajstić information content (AvgIpc) is 3.96. The van der Waals surface area contributed by atoms with Crippen molar-refractivity contribution in [3.63, 3.8) is 0 Å². The highest BCUT2D eigenvalue weighted by molar-refractivity contribution is 6.30. The molecule has 5 atom stereocenters. The van der Waals surface area contributed by atoms with Crippen molar-refractivity contribution in [2.75, 3.05) is 25.0 Å². The molecule has 11 rings (SSSR count). The van der Waals surface area contributed by atoms with Crippen LogP contribution >= 0.6 is 11.6 Å². The molecule has 3 aromatic rings. The van der Waals surface area contributed by atoms with E-state index in [4.69, 9.17) is 11.6 Å². The van der Waals surface area contributed by atoms with E-state index < -0.39 is 64.0 Å². The number of aromatic nitrogens is 1. The molecule has 6 heterocycles. The molecule has 6 fully saturated rings. The first-order valence-corrected chi connectivity index (χ1v) is 24.5. The molecule has 1 spiro atoms. The Balaban J connectivity index is 0.806. The Hall–Kier alpha value is -5.53. The molecule has 3 saturated carbocycles. The number of benzene rings is 2. The third kappa shape index (κ3) is 8.34. The van der Waals surface area contributed by atoms with Crippen LogP contribution in [0.5, 0.6) is 0 Å². The minimum atomic E-state index is -4.68. The van der Waals surface area contributed by atoms with Gasteiger partial charge < -0.3 is 25.8 Å². The summed E-state index contributed by atoms with van der Waals surface area (Å²) in [7, 11) is 0. The largest absolute Gasteiger partial charge is 0.433 e. The molecule has 5 amide bonds. The molecular formula is C52H56ClF4N7O5. The zero-order valence-corrected chi connectivity index (χ0v) is 39.6. The van der Waals surface area contributed by atoms with Crippen molar-refractivity contribution in [3.05, 3.63) is 93.0 Å². The summed E-state index contributed by atoms with van der Waals surface area (Å²) in [6, 6.07) is 9.00. The molecule has 2 aromatic carbocycles. The van der Waals surface area contributed by atoms with Gasteiger partial charge in [-0.3, -0.25) is 34.3 Å². The Morgan fingerprint density at radius 2 is 1.70 bits per heavy atom. The monoisotopic (exact) mass is 969 g/mol. The summed E-state index contributed by atoms with van der Waals surface area (Å²) in [5.41, 5.74) is -0.486. The smallest absolute Gasteiger partial charge is 0.384 e. The molecule has 17 heteroatoms. The van der Waals surface area contributed by atoms with Crippen molar-refractivity contribution in [2.45, 2.75) is 139 Å². The van der Waals surface area contributed by atoms with Crippen LogP contribution in [0.1, 0.15) is 136 Å². The van der Waals surface area contributed by atoms with Gasteiger partial charge in [0, 0.05) is 95.4 Å². The molecule has 12 nitrogen and oxygen atoms in total. The topological polar surface area (TPSA) is 153 Å². The standard InChI is InChI=1S/C52H56ClF4N7O5/c1-48(2,3)25-39-51(28-59-36-24-38(52(55,56)57)58-26-34(36)51)41(33-5-4-6-35(53)42(33)54)43(60-39)45(67)62-50-18-15-49(16-19-50,17-20-50)47(69)63-21-13-29(14-22-63)7-8-30-9-10-32-31(23-30)27-64(46(32)68)37-11-12-40(65)61-44(37)66/h4-6,9-10,23-24,26,29,37,39,41,43,59-60H,11-22,25,27-28H2,1-3H3,(H,62,67)(H,61,65,66)/t37?,39-,41-,43+,49?,50?,51-/m0/s1. The number of fused-ring (bicyclic) bond motifs is 6. The second kappa shape index (κ2) is 17.1. The van der Waals surface area contributed by atoms with Crippen LogP contribution < -0.4 is 21.3 Å². The summed E-state index contributed by atoms with van der Waals surface area (Å²) in [6.07, 6.45) is 2.63.